The molecule has 0 unspecified atom stereocenters. The molecule has 9 heteroatoms. The SMILES string of the molecule is CC(C)(C)[C@H](N)C(=O)N1C[C@H](O)C[C@H]1C(=O)NCc1ccc(-n2ccnn2)cc1. The summed E-state index contributed by atoms with van der Waals surface area (Å²) in [5.74, 6) is -0.609. The first kappa shape index (κ1) is 20.9. The van der Waals surface area contributed by atoms with Crippen LogP contribution in [0, 0.1) is 5.41 Å². The zero-order valence-corrected chi connectivity index (χ0v) is 16.9. The van der Waals surface area contributed by atoms with Crippen LogP contribution >= 0.6 is 0 Å². The lowest BCUT2D eigenvalue weighted by Crippen LogP contribution is -2.54. The Hall–Kier alpha value is -2.78. The van der Waals surface area contributed by atoms with E-state index < -0.39 is 23.6 Å². The Kier molecular flexibility index (Phi) is 5.99. The highest BCUT2D eigenvalue weighted by Crippen LogP contribution is 2.24. The topological polar surface area (TPSA) is 126 Å². The third-order valence-corrected chi connectivity index (χ3v) is 5.15. The van der Waals surface area contributed by atoms with Crippen molar-refractivity contribution >= 4 is 11.8 Å². The van der Waals surface area contributed by atoms with E-state index in [2.05, 4.69) is 15.6 Å². The average molecular weight is 400 g/mol. The number of rotatable bonds is 5. The van der Waals surface area contributed by atoms with Crippen molar-refractivity contribution in [2.75, 3.05) is 6.54 Å². The van der Waals surface area contributed by atoms with Gasteiger partial charge in [0.1, 0.15) is 6.04 Å². The Morgan fingerprint density at radius 3 is 2.59 bits per heavy atom. The van der Waals surface area contributed by atoms with Gasteiger partial charge in [0.2, 0.25) is 11.8 Å². The second kappa shape index (κ2) is 8.30. The second-order valence-electron chi connectivity index (χ2n) is 8.47. The van der Waals surface area contributed by atoms with Crippen LogP contribution in [0.5, 0.6) is 0 Å². The summed E-state index contributed by atoms with van der Waals surface area (Å²) in [6.07, 6.45) is 2.82. The van der Waals surface area contributed by atoms with Gasteiger partial charge in [0.25, 0.3) is 0 Å². The summed E-state index contributed by atoms with van der Waals surface area (Å²) in [4.78, 5) is 26.9. The van der Waals surface area contributed by atoms with Crippen LogP contribution in [0.2, 0.25) is 0 Å². The van der Waals surface area contributed by atoms with E-state index in [9.17, 15) is 14.7 Å². The van der Waals surface area contributed by atoms with Gasteiger partial charge in [0, 0.05) is 19.5 Å². The summed E-state index contributed by atoms with van der Waals surface area (Å²) < 4.78 is 1.64. The molecule has 0 radical (unpaired) electrons. The Balaban J connectivity index is 1.62. The van der Waals surface area contributed by atoms with E-state index in [1.165, 1.54) is 4.90 Å². The number of hydrogen-bond donors (Lipinski definition) is 3. The molecule has 9 nitrogen and oxygen atoms in total. The third kappa shape index (κ3) is 4.80. The normalized spacial score (nSPS) is 20.5. The highest BCUT2D eigenvalue weighted by atomic mass is 16.3. The highest BCUT2D eigenvalue weighted by molar-refractivity contribution is 5.90. The van der Waals surface area contributed by atoms with Crippen LogP contribution in [0.4, 0.5) is 0 Å². The minimum atomic E-state index is -0.743. The molecule has 2 heterocycles. The molecule has 1 saturated heterocycles. The lowest BCUT2D eigenvalue weighted by atomic mass is 9.86. The van der Waals surface area contributed by atoms with Crippen molar-refractivity contribution < 1.29 is 14.7 Å². The molecule has 2 amide bonds. The van der Waals surface area contributed by atoms with Crippen molar-refractivity contribution in [3.8, 4) is 5.69 Å². The minimum absolute atomic E-state index is 0.118. The van der Waals surface area contributed by atoms with Crippen LogP contribution < -0.4 is 11.1 Å². The van der Waals surface area contributed by atoms with Crippen LogP contribution in [-0.2, 0) is 16.1 Å². The number of carbonyl (C=O) groups excluding carboxylic acids is 2. The molecular weight excluding hydrogens is 372 g/mol. The number of carbonyl (C=O) groups is 2. The monoisotopic (exact) mass is 400 g/mol. The fourth-order valence-corrected chi connectivity index (χ4v) is 3.27. The Morgan fingerprint density at radius 2 is 2.00 bits per heavy atom. The van der Waals surface area contributed by atoms with Gasteiger partial charge in [-0.2, -0.15) is 0 Å². The summed E-state index contributed by atoms with van der Waals surface area (Å²) in [5, 5.41) is 20.6. The molecule has 1 fully saturated rings. The summed E-state index contributed by atoms with van der Waals surface area (Å²) in [5.41, 5.74) is 7.42. The predicted molar refractivity (Wildman–Crippen MR) is 107 cm³/mol. The summed E-state index contributed by atoms with van der Waals surface area (Å²) in [6.45, 7) is 6.06. The van der Waals surface area contributed by atoms with Crippen molar-refractivity contribution in [3.63, 3.8) is 0 Å². The number of nitrogens with two attached hydrogens (primary N) is 1. The Labute approximate surface area is 169 Å². The molecule has 1 aliphatic rings. The minimum Gasteiger partial charge on any atom is -0.391 e. The number of amides is 2. The van der Waals surface area contributed by atoms with Crippen LogP contribution in [0.3, 0.4) is 0 Å². The molecule has 1 aromatic heterocycles. The maximum atomic E-state index is 12.8. The summed E-state index contributed by atoms with van der Waals surface area (Å²) in [6, 6.07) is 6.08. The predicted octanol–water partition coefficient (Wildman–Crippen LogP) is 0.219. The number of likely N-dealkylation sites (tertiary alicyclic amines) is 1. The van der Waals surface area contributed by atoms with Gasteiger partial charge >= 0.3 is 0 Å². The highest BCUT2D eigenvalue weighted by Gasteiger charge is 2.42. The molecule has 1 aromatic carbocycles. The smallest absolute Gasteiger partial charge is 0.243 e. The maximum Gasteiger partial charge on any atom is 0.243 e. The van der Waals surface area contributed by atoms with Gasteiger partial charge in [0.15, 0.2) is 0 Å². The molecule has 2 aromatic rings. The van der Waals surface area contributed by atoms with Gasteiger partial charge in [0.05, 0.1) is 30.2 Å². The van der Waals surface area contributed by atoms with E-state index in [0.717, 1.165) is 11.3 Å². The van der Waals surface area contributed by atoms with Crippen LogP contribution in [0.1, 0.15) is 32.8 Å². The molecule has 156 valence electrons. The number of benzene rings is 1. The lowest BCUT2D eigenvalue weighted by Gasteiger charge is -2.32. The molecule has 4 N–H and O–H groups in total. The van der Waals surface area contributed by atoms with Gasteiger partial charge in [-0.3, -0.25) is 9.59 Å². The fourth-order valence-electron chi connectivity index (χ4n) is 3.27. The molecule has 3 atom stereocenters. The molecular formula is C20H28N6O3. The van der Waals surface area contributed by atoms with Gasteiger partial charge in [-0.25, -0.2) is 4.68 Å². The van der Waals surface area contributed by atoms with Gasteiger partial charge < -0.3 is 21.1 Å². The zero-order chi connectivity index (χ0) is 21.2. The van der Waals surface area contributed by atoms with E-state index in [-0.39, 0.29) is 24.8 Å². The number of nitrogens with zero attached hydrogens (tertiary/aromatic N) is 4. The molecule has 3 rings (SSSR count). The number of hydrogen-bond acceptors (Lipinski definition) is 6. The molecule has 29 heavy (non-hydrogen) atoms. The second-order valence-corrected chi connectivity index (χ2v) is 8.47. The number of aliphatic hydroxyl groups excluding tert-OH is 1. The first-order chi connectivity index (χ1) is 13.7. The molecule has 0 spiro atoms. The van der Waals surface area contributed by atoms with Gasteiger partial charge in [-0.1, -0.05) is 38.1 Å². The zero-order valence-electron chi connectivity index (χ0n) is 16.9. The molecule has 0 saturated carbocycles. The van der Waals surface area contributed by atoms with Crippen LogP contribution in [0.25, 0.3) is 5.69 Å². The van der Waals surface area contributed by atoms with Gasteiger partial charge in [-0.05, 0) is 23.1 Å². The van der Waals surface area contributed by atoms with E-state index in [4.69, 9.17) is 5.73 Å². The number of β-amino-alcohol motifs (C(OH)–C–C–N with tert-alkyl or cyclic N) is 1. The quantitative estimate of drug-likeness (QED) is 0.659. The molecule has 0 aliphatic carbocycles. The number of aliphatic hydroxyl groups is 1. The van der Waals surface area contributed by atoms with Crippen molar-refractivity contribution in [2.45, 2.75) is 51.9 Å². The third-order valence-electron chi connectivity index (χ3n) is 5.15. The maximum absolute atomic E-state index is 12.8. The molecule has 1 aliphatic heterocycles. The van der Waals surface area contributed by atoms with Crippen molar-refractivity contribution in [1.29, 1.82) is 0 Å². The largest absolute Gasteiger partial charge is 0.391 e. The number of nitrogens with one attached hydrogen (secondary N) is 1. The lowest BCUT2D eigenvalue weighted by molar-refractivity contribution is -0.141. The van der Waals surface area contributed by atoms with Crippen LogP contribution in [-0.4, -0.2) is 61.5 Å². The summed E-state index contributed by atoms with van der Waals surface area (Å²) in [7, 11) is 0. The Morgan fingerprint density at radius 1 is 1.31 bits per heavy atom. The number of aromatic nitrogens is 3. The van der Waals surface area contributed by atoms with E-state index >= 15 is 0 Å². The summed E-state index contributed by atoms with van der Waals surface area (Å²) >= 11 is 0. The molecule has 0 bridgehead atoms. The first-order valence-corrected chi connectivity index (χ1v) is 9.64. The van der Waals surface area contributed by atoms with Crippen molar-refractivity contribution in [1.82, 2.24) is 25.2 Å². The van der Waals surface area contributed by atoms with Crippen LogP contribution in [0.15, 0.2) is 36.7 Å². The standard InChI is InChI=1S/C20H28N6O3/c1-20(2,3)17(21)19(29)25-12-15(27)10-16(25)18(28)22-11-13-4-6-14(7-5-13)26-9-8-23-24-26/h4-9,15-17,27H,10-12,21H2,1-3H3,(H,22,28)/t15-,16+,17-/m1/s1. The van der Waals surface area contributed by atoms with E-state index in [1.807, 2.05) is 45.0 Å². The van der Waals surface area contributed by atoms with Gasteiger partial charge in [-0.15, -0.1) is 5.10 Å². The van der Waals surface area contributed by atoms with E-state index in [0.29, 0.717) is 6.54 Å². The first-order valence-electron chi connectivity index (χ1n) is 9.64. The van der Waals surface area contributed by atoms with E-state index in [1.54, 1.807) is 17.1 Å². The van der Waals surface area contributed by atoms with Crippen molar-refractivity contribution in [3.05, 3.63) is 42.2 Å². The van der Waals surface area contributed by atoms with Crippen molar-refractivity contribution in [2.24, 2.45) is 11.1 Å². The fraction of sp³-hybridized carbons (Fsp3) is 0.500. The Bertz CT molecular complexity index is 844. The average Bonchev–Trinajstić information content (AvgIpc) is 3.34.